The molecule has 3 heteroatoms. The average molecular weight is 271 g/mol. The number of hydrogen-bond acceptors (Lipinski definition) is 3. The molecule has 0 aromatic heterocycles. The van der Waals surface area contributed by atoms with Crippen molar-refractivity contribution in [3.63, 3.8) is 0 Å². The van der Waals surface area contributed by atoms with Crippen molar-refractivity contribution < 1.29 is 9.47 Å². The molecule has 3 nitrogen and oxygen atoms in total. The largest absolute Gasteiger partial charge is 0.493 e. The highest BCUT2D eigenvalue weighted by Gasteiger charge is 2.12. The molecule has 0 bridgehead atoms. The minimum atomic E-state index is 0.580. The Labute approximate surface area is 120 Å². The second-order valence-electron chi connectivity index (χ2n) is 4.78. The maximum atomic E-state index is 5.69. The average Bonchev–Trinajstić information content (AvgIpc) is 2.46. The van der Waals surface area contributed by atoms with Crippen molar-refractivity contribution in [1.82, 2.24) is 0 Å². The standard InChI is InChI=1S/C17H21NO2/c1-12-5-4-6-13(9-12)15-10-14(7-8-18)17(20-3)16(11-15)19-2/h4-6,9-11H,7-8,18H2,1-3H3. The van der Waals surface area contributed by atoms with Crippen molar-refractivity contribution in [2.24, 2.45) is 5.73 Å². The molecule has 0 radical (unpaired) electrons. The number of nitrogens with two attached hydrogens (primary N) is 1. The molecule has 2 N–H and O–H groups in total. The molecule has 0 amide bonds. The van der Waals surface area contributed by atoms with Crippen LogP contribution in [0.15, 0.2) is 36.4 Å². The van der Waals surface area contributed by atoms with Gasteiger partial charge in [-0.05, 0) is 48.7 Å². The van der Waals surface area contributed by atoms with Crippen LogP contribution in [0.1, 0.15) is 11.1 Å². The highest BCUT2D eigenvalue weighted by atomic mass is 16.5. The zero-order valence-corrected chi connectivity index (χ0v) is 12.3. The Hall–Kier alpha value is -2.00. The normalized spacial score (nSPS) is 10.4. The summed E-state index contributed by atoms with van der Waals surface area (Å²) in [6, 6.07) is 12.5. The van der Waals surface area contributed by atoms with Crippen LogP contribution in [0.5, 0.6) is 11.5 Å². The monoisotopic (exact) mass is 271 g/mol. The van der Waals surface area contributed by atoms with Crippen molar-refractivity contribution in [1.29, 1.82) is 0 Å². The Morgan fingerprint density at radius 3 is 2.40 bits per heavy atom. The third kappa shape index (κ3) is 2.94. The molecule has 20 heavy (non-hydrogen) atoms. The Morgan fingerprint density at radius 1 is 1.00 bits per heavy atom. The molecule has 0 atom stereocenters. The molecule has 106 valence electrons. The number of aryl methyl sites for hydroxylation is 1. The summed E-state index contributed by atoms with van der Waals surface area (Å²) in [7, 11) is 3.31. The van der Waals surface area contributed by atoms with Crippen LogP contribution in [0.25, 0.3) is 11.1 Å². The van der Waals surface area contributed by atoms with E-state index in [9.17, 15) is 0 Å². The van der Waals surface area contributed by atoms with Crippen LogP contribution in [0.3, 0.4) is 0 Å². The predicted octanol–water partition coefficient (Wildman–Crippen LogP) is 3.18. The molecule has 0 spiro atoms. The third-order valence-electron chi connectivity index (χ3n) is 3.32. The van der Waals surface area contributed by atoms with Crippen LogP contribution in [-0.4, -0.2) is 20.8 Å². The van der Waals surface area contributed by atoms with E-state index in [0.29, 0.717) is 6.54 Å². The van der Waals surface area contributed by atoms with Gasteiger partial charge in [0.2, 0.25) is 0 Å². The van der Waals surface area contributed by atoms with Crippen LogP contribution in [0.4, 0.5) is 0 Å². The van der Waals surface area contributed by atoms with Gasteiger partial charge in [0.05, 0.1) is 14.2 Å². The fourth-order valence-corrected chi connectivity index (χ4v) is 2.38. The zero-order chi connectivity index (χ0) is 14.5. The predicted molar refractivity (Wildman–Crippen MR) is 82.5 cm³/mol. The van der Waals surface area contributed by atoms with E-state index >= 15 is 0 Å². The minimum Gasteiger partial charge on any atom is -0.493 e. The van der Waals surface area contributed by atoms with Gasteiger partial charge in [0.15, 0.2) is 11.5 Å². The molecule has 0 saturated heterocycles. The summed E-state index contributed by atoms with van der Waals surface area (Å²) in [5.74, 6) is 1.52. The van der Waals surface area contributed by atoms with Crippen LogP contribution in [-0.2, 0) is 6.42 Å². The topological polar surface area (TPSA) is 44.5 Å². The highest BCUT2D eigenvalue weighted by molar-refractivity contribution is 5.69. The Kier molecular flexibility index (Phi) is 4.64. The van der Waals surface area contributed by atoms with E-state index in [1.54, 1.807) is 14.2 Å². The fraction of sp³-hybridized carbons (Fsp3) is 0.294. The summed E-state index contributed by atoms with van der Waals surface area (Å²) in [5, 5.41) is 0. The first-order chi connectivity index (χ1) is 9.69. The van der Waals surface area contributed by atoms with E-state index in [1.807, 2.05) is 6.07 Å². The van der Waals surface area contributed by atoms with E-state index < -0.39 is 0 Å². The number of benzene rings is 2. The molecule has 2 rings (SSSR count). The van der Waals surface area contributed by atoms with E-state index in [2.05, 4.69) is 37.3 Å². The Morgan fingerprint density at radius 2 is 1.80 bits per heavy atom. The molecule has 2 aromatic carbocycles. The van der Waals surface area contributed by atoms with Crippen LogP contribution < -0.4 is 15.2 Å². The van der Waals surface area contributed by atoms with Gasteiger partial charge >= 0.3 is 0 Å². The molecule has 0 aliphatic rings. The Balaban J connectivity index is 2.56. The second kappa shape index (κ2) is 6.44. The van der Waals surface area contributed by atoms with Crippen molar-refractivity contribution in [2.45, 2.75) is 13.3 Å². The number of methoxy groups -OCH3 is 2. The number of hydrogen-bond donors (Lipinski definition) is 1. The molecule has 0 aliphatic carbocycles. The van der Waals surface area contributed by atoms with Gasteiger partial charge in [-0.25, -0.2) is 0 Å². The summed E-state index contributed by atoms with van der Waals surface area (Å²) in [6.07, 6.45) is 0.763. The van der Waals surface area contributed by atoms with Crippen molar-refractivity contribution >= 4 is 0 Å². The maximum absolute atomic E-state index is 5.69. The molecular weight excluding hydrogens is 250 g/mol. The molecule has 0 aliphatic heterocycles. The van der Waals surface area contributed by atoms with Gasteiger partial charge in [-0.3, -0.25) is 0 Å². The van der Waals surface area contributed by atoms with Gasteiger partial charge in [-0.1, -0.05) is 29.8 Å². The van der Waals surface area contributed by atoms with Crippen LogP contribution in [0.2, 0.25) is 0 Å². The van der Waals surface area contributed by atoms with E-state index in [-0.39, 0.29) is 0 Å². The fourth-order valence-electron chi connectivity index (χ4n) is 2.38. The lowest BCUT2D eigenvalue weighted by molar-refractivity contribution is 0.352. The second-order valence-corrected chi connectivity index (χ2v) is 4.78. The van der Waals surface area contributed by atoms with Gasteiger partial charge in [-0.15, -0.1) is 0 Å². The summed E-state index contributed by atoms with van der Waals surface area (Å²) >= 11 is 0. The van der Waals surface area contributed by atoms with Gasteiger partial charge in [-0.2, -0.15) is 0 Å². The first kappa shape index (κ1) is 14.4. The first-order valence-electron chi connectivity index (χ1n) is 6.71. The summed E-state index contributed by atoms with van der Waals surface area (Å²) in [5.41, 5.74) is 10.3. The van der Waals surface area contributed by atoms with Gasteiger partial charge < -0.3 is 15.2 Å². The molecule has 0 unspecified atom stereocenters. The Bertz CT molecular complexity index is 594. The molecular formula is C17H21NO2. The molecule has 0 fully saturated rings. The van der Waals surface area contributed by atoms with E-state index in [4.69, 9.17) is 15.2 Å². The minimum absolute atomic E-state index is 0.580. The molecule has 0 saturated carbocycles. The summed E-state index contributed by atoms with van der Waals surface area (Å²) < 4.78 is 10.9. The smallest absolute Gasteiger partial charge is 0.163 e. The van der Waals surface area contributed by atoms with Crippen LogP contribution in [0, 0.1) is 6.92 Å². The van der Waals surface area contributed by atoms with Gasteiger partial charge in [0.1, 0.15) is 0 Å². The third-order valence-corrected chi connectivity index (χ3v) is 3.32. The van der Waals surface area contributed by atoms with Crippen molar-refractivity contribution in [2.75, 3.05) is 20.8 Å². The SMILES string of the molecule is COc1cc(-c2cccc(C)c2)cc(CCN)c1OC. The highest BCUT2D eigenvalue weighted by Crippen LogP contribution is 2.36. The zero-order valence-electron chi connectivity index (χ0n) is 12.3. The lowest BCUT2D eigenvalue weighted by Gasteiger charge is -2.15. The molecule has 2 aromatic rings. The first-order valence-corrected chi connectivity index (χ1v) is 6.71. The number of ether oxygens (including phenoxy) is 2. The molecule has 0 heterocycles. The summed E-state index contributed by atoms with van der Waals surface area (Å²) in [4.78, 5) is 0. The lowest BCUT2D eigenvalue weighted by Crippen LogP contribution is -2.05. The van der Waals surface area contributed by atoms with E-state index in [0.717, 1.165) is 29.0 Å². The summed E-state index contributed by atoms with van der Waals surface area (Å²) in [6.45, 7) is 2.67. The maximum Gasteiger partial charge on any atom is 0.163 e. The van der Waals surface area contributed by atoms with Gasteiger partial charge in [0.25, 0.3) is 0 Å². The quantitative estimate of drug-likeness (QED) is 0.908. The van der Waals surface area contributed by atoms with Gasteiger partial charge in [0, 0.05) is 0 Å². The van der Waals surface area contributed by atoms with E-state index in [1.165, 1.54) is 11.1 Å². The lowest BCUT2D eigenvalue weighted by atomic mass is 9.99. The number of rotatable bonds is 5. The van der Waals surface area contributed by atoms with Crippen LogP contribution >= 0.6 is 0 Å². The van der Waals surface area contributed by atoms with Crippen molar-refractivity contribution in [3.05, 3.63) is 47.5 Å². The van der Waals surface area contributed by atoms with Crippen molar-refractivity contribution in [3.8, 4) is 22.6 Å².